The average molecular weight is 1930 g/mol. The second kappa shape index (κ2) is 28.5. The summed E-state index contributed by atoms with van der Waals surface area (Å²) in [6, 6.07) is 27.0. The van der Waals surface area contributed by atoms with Crippen molar-refractivity contribution in [2.24, 2.45) is 0 Å². The van der Waals surface area contributed by atoms with Gasteiger partial charge in [0.1, 0.15) is 0 Å². The number of rotatable bonds is 8. The van der Waals surface area contributed by atoms with Crippen LogP contribution < -0.4 is 0 Å². The first-order chi connectivity index (χ1) is 16.0. The van der Waals surface area contributed by atoms with Gasteiger partial charge in [0.05, 0.1) is 7.18 Å². The maximum absolute atomic E-state index is 12.6. The molecular formula is C24H26F12O3Rf5-10. The molecule has 2 aromatic carbocycles. The molecule has 0 heterocycles. The Balaban J connectivity index is -0.0000000443. The third-order valence-electron chi connectivity index (χ3n) is 2.48. The van der Waals surface area contributed by atoms with Crippen molar-refractivity contribution in [3.8, 4) is 0 Å². The van der Waals surface area contributed by atoms with E-state index in [0.29, 0.717) is 7.18 Å². The number of ether oxygens (including phenoxy) is 3. The topological polar surface area (TPSA) is 27.7 Å². The molecule has 3 nitrogen and oxygen atoms in total. The minimum atomic E-state index is -6.63. The van der Waals surface area contributed by atoms with Crippen LogP contribution in [0.1, 0.15) is 6.92 Å². The quantitative estimate of drug-likeness (QED) is 0.196. The summed E-state index contributed by atoms with van der Waals surface area (Å²) in [5.41, 5.74) is 0. The van der Waals surface area contributed by atoms with Crippen molar-refractivity contribution in [2.45, 2.75) is 37.5 Å². The molecule has 0 saturated carbocycles. The fourth-order valence-corrected chi connectivity index (χ4v) is 1.26. The molecule has 0 aliphatic heterocycles. The molecular weight excluding hydrogens is 1900 g/mol. The van der Waals surface area contributed by atoms with Gasteiger partial charge in [-0.3, -0.25) is 9.13 Å². The zero-order chi connectivity index (χ0) is 27.8. The van der Waals surface area contributed by atoms with Gasteiger partial charge in [0.25, 0.3) is 0 Å². The van der Waals surface area contributed by atoms with Crippen LogP contribution in [0, 0.1) is 66.1 Å². The van der Waals surface area contributed by atoms with Crippen LogP contribution in [0.2, 0.25) is 0 Å². The summed E-state index contributed by atoms with van der Waals surface area (Å²) >= 11 is 0. The molecule has 0 spiro atoms. The van der Waals surface area contributed by atoms with E-state index in [1.807, 2.05) is 4.74 Å². The summed E-state index contributed by atoms with van der Waals surface area (Å²) in [5.74, 6) is 0. The minimum Gasteiger partial charge on any atom is -0.545 e. The Labute approximate surface area is 221 Å². The molecule has 0 aliphatic rings. The fraction of sp³-hybridized carbons (Fsp3) is 0.333. The second-order valence-electron chi connectivity index (χ2n) is 5.20. The standard InChI is InChI=1S/C7H5F11O3.2C6H3.CH3F.4CH3.5Rf/c1-3(9,10)20-6(15,16)7(17,18)21-5(13,14)4(11,12)19-2-8;2*1-2-4-6-5-3-1;1-2;;;;;;;;;/h2H2,1H3;2*1,4-5H;1H3;4*1H3;;;;;/q;2*-3;;4*-1;;;;;. The molecule has 0 saturated heterocycles. The van der Waals surface area contributed by atoms with E-state index < -0.39 is 44.3 Å². The van der Waals surface area contributed by atoms with E-state index in [1.54, 1.807) is 36.4 Å². The average Bonchev–Trinajstić information content (AvgIpc) is 2.76. The molecule has 0 bridgehead atoms. The molecule has 20 heteroatoms. The van der Waals surface area contributed by atoms with Gasteiger partial charge < -0.3 is 103 Å². The van der Waals surface area contributed by atoms with Crippen molar-refractivity contribution in [1.82, 2.24) is 0 Å². The molecule has 44 heavy (non-hydrogen) atoms. The van der Waals surface area contributed by atoms with Gasteiger partial charge in [0.15, 0.2) is 6.86 Å². The summed E-state index contributed by atoms with van der Waals surface area (Å²) in [6.45, 7) is -3.08. The summed E-state index contributed by atoms with van der Waals surface area (Å²) in [4.78, 5) is 0. The van der Waals surface area contributed by atoms with E-state index in [0.717, 1.165) is 0 Å². The third kappa shape index (κ3) is 26.1. The Bertz CT molecular complexity index is 698. The zero-order valence-corrected chi connectivity index (χ0v) is 57.0. The van der Waals surface area contributed by atoms with Gasteiger partial charge >= 0.3 is 30.5 Å². The number of hydrogen-bond acceptors (Lipinski definition) is 3. The van der Waals surface area contributed by atoms with E-state index in [9.17, 15) is 52.7 Å². The summed E-state index contributed by atoms with van der Waals surface area (Å²) in [5, 5.41) is 0. The summed E-state index contributed by atoms with van der Waals surface area (Å²) < 4.78 is 151. The van der Waals surface area contributed by atoms with Crippen LogP contribution in [-0.4, -0.2) is 44.6 Å². The van der Waals surface area contributed by atoms with Gasteiger partial charge in [0.2, 0.25) is 0 Å². The van der Waals surface area contributed by atoms with Crippen molar-refractivity contribution in [1.29, 1.82) is 0 Å². The number of hydrogen-bond donors (Lipinski definition) is 0. The van der Waals surface area contributed by atoms with Crippen LogP contribution in [0.3, 0.4) is 0 Å². The van der Waals surface area contributed by atoms with Crippen molar-refractivity contribution >= 4 is 0 Å². The fourth-order valence-electron chi connectivity index (χ4n) is 1.26. The summed E-state index contributed by atoms with van der Waals surface area (Å²) in [7, 11) is 0.500. The van der Waals surface area contributed by atoms with Crippen molar-refractivity contribution in [3.63, 3.8) is 0 Å². The van der Waals surface area contributed by atoms with Gasteiger partial charge in [-0.05, 0) is 0 Å². The first-order valence-corrected chi connectivity index (χ1v) is 8.31. The number of alkyl halides is 12. The van der Waals surface area contributed by atoms with Gasteiger partial charge in [-0.2, -0.15) is 43.9 Å². The van der Waals surface area contributed by atoms with E-state index >= 15 is 0 Å². The van der Waals surface area contributed by atoms with Crippen molar-refractivity contribution in [2.75, 3.05) is 14.0 Å². The van der Waals surface area contributed by atoms with E-state index in [2.05, 4.69) is 45.9 Å². The first-order valence-electron chi connectivity index (χ1n) is 8.31. The molecule has 0 fully saturated rings. The second-order valence-corrected chi connectivity index (χ2v) is 5.20. The smallest absolute Gasteiger partial charge is 0.453 e. The Morgan fingerprint density at radius 1 is 0.455 bits per heavy atom. The molecule has 0 N–H and O–H groups in total. The normalized spacial score (nSPS) is 9.68. The molecule has 0 radical (unpaired) electrons. The van der Waals surface area contributed by atoms with Gasteiger partial charge in [-0.15, -0.1) is 0 Å². The van der Waals surface area contributed by atoms with Crippen LogP contribution in [0.25, 0.3) is 0 Å². The molecule has 244 valence electrons. The van der Waals surface area contributed by atoms with Crippen LogP contribution in [0.5, 0.6) is 0 Å². The first kappa shape index (κ1) is 70.7. The number of halogens is 12. The predicted octanol–water partition coefficient (Wildman–Crippen LogP) is 8.51. The Kier molecular flexibility index (Phi) is 45.8. The van der Waals surface area contributed by atoms with Crippen LogP contribution in [-0.2, 0) is 14.2 Å². The zero-order valence-electron chi connectivity index (χ0n) is 25.0. The van der Waals surface area contributed by atoms with Crippen LogP contribution >= 0.6 is 0 Å². The van der Waals surface area contributed by atoms with Crippen molar-refractivity contribution in [3.05, 3.63) is 103 Å². The van der Waals surface area contributed by atoms with Gasteiger partial charge in [-0.1, -0.05) is 0 Å². The molecule has 0 aliphatic carbocycles. The summed E-state index contributed by atoms with van der Waals surface area (Å²) in [6.07, 6.45) is -30.6. The van der Waals surface area contributed by atoms with Gasteiger partial charge in [0, 0.05) is 6.92 Å². The maximum Gasteiger partial charge on any atom is 0.453 e. The number of benzene rings is 2. The van der Waals surface area contributed by atoms with E-state index in [4.69, 9.17) is 0 Å². The maximum atomic E-state index is 12.6. The van der Waals surface area contributed by atoms with Crippen molar-refractivity contribution < 1.29 is 66.9 Å². The monoisotopic (exact) mass is 1930 g/mol. The molecule has 0 atom stereocenters. The molecule has 0 aromatic heterocycles. The molecule has 2 rings (SSSR count). The largest absolute Gasteiger partial charge is 0.545 e. The van der Waals surface area contributed by atoms with Gasteiger partial charge in [-0.25, -0.2) is 13.9 Å². The SMILES string of the molecule is CC(F)(F)OC(F)(F)C(F)(F)OC(F)(F)C(F)(F)OCF.CF.[CH3-].[CH3-].[CH3-].[CH3-].[Rf].[Rf].[Rf].[Rf].[Rf].[c-]1c[c-]c[c-]c1.[c-]1c[c-]c[c-]c1. The minimum absolute atomic E-state index is 0. The Morgan fingerprint density at radius 3 is 0.841 bits per heavy atom. The third-order valence-corrected chi connectivity index (χ3v) is 2.48. The van der Waals surface area contributed by atoms with E-state index in [1.165, 1.54) is 0 Å². The van der Waals surface area contributed by atoms with Crippen LogP contribution in [0.15, 0.2) is 36.4 Å². The van der Waals surface area contributed by atoms with E-state index in [-0.39, 0.29) is 29.7 Å². The molecule has 0 amide bonds. The molecule has 0 unspecified atom stereocenters. The Hall–Kier alpha value is -7.52. The Morgan fingerprint density at radius 2 is 0.659 bits per heavy atom. The van der Waals surface area contributed by atoms with Crippen LogP contribution in [0.4, 0.5) is 52.7 Å². The molecule has 2 aromatic rings. The predicted molar refractivity (Wildman–Crippen MR) is 118 cm³/mol.